The van der Waals surface area contributed by atoms with Crippen LogP contribution in [0.15, 0.2) is 54.9 Å². The first-order valence-corrected chi connectivity index (χ1v) is 8.02. The van der Waals surface area contributed by atoms with E-state index in [2.05, 4.69) is 20.8 Å². The minimum atomic E-state index is -0.0119. The summed E-state index contributed by atoms with van der Waals surface area (Å²) >= 11 is 0. The van der Waals surface area contributed by atoms with Gasteiger partial charge in [0.25, 0.3) is 0 Å². The van der Waals surface area contributed by atoms with Crippen molar-refractivity contribution in [3.05, 3.63) is 71.5 Å². The maximum atomic E-state index is 12.0. The van der Waals surface area contributed by atoms with Gasteiger partial charge in [0.05, 0.1) is 18.7 Å². The van der Waals surface area contributed by atoms with Gasteiger partial charge in [0.1, 0.15) is 6.33 Å². The second-order valence-electron chi connectivity index (χ2n) is 5.67. The van der Waals surface area contributed by atoms with Gasteiger partial charge in [-0.05, 0) is 45.7 Å². The molecule has 3 rings (SSSR count). The number of rotatable bonds is 7. The number of carbonyl (C=O) groups is 1. The predicted octanol–water partition coefficient (Wildman–Crippen LogP) is 1.06. The Balaban J connectivity index is 1.45. The topological polar surface area (TPSA) is 92.9 Å². The Kier molecular flexibility index (Phi) is 5.48. The number of benzene rings is 2. The number of aromatic nitrogens is 4. The average molecular weight is 337 g/mol. The van der Waals surface area contributed by atoms with Crippen LogP contribution in [0.5, 0.6) is 0 Å². The Labute approximate surface area is 145 Å². The Bertz CT molecular complexity index is 798. The third-order valence-corrected chi connectivity index (χ3v) is 3.86. The van der Waals surface area contributed by atoms with Gasteiger partial charge in [-0.1, -0.05) is 36.4 Å². The van der Waals surface area contributed by atoms with Gasteiger partial charge in [0.2, 0.25) is 5.91 Å². The lowest BCUT2D eigenvalue weighted by Gasteiger charge is -2.07. The molecule has 0 aliphatic heterocycles. The summed E-state index contributed by atoms with van der Waals surface area (Å²) in [4.78, 5) is 12.0. The van der Waals surface area contributed by atoms with Crippen molar-refractivity contribution >= 4 is 5.91 Å². The summed E-state index contributed by atoms with van der Waals surface area (Å²) in [6, 6.07) is 15.3. The van der Waals surface area contributed by atoms with Crippen molar-refractivity contribution in [1.29, 1.82) is 0 Å². The van der Waals surface area contributed by atoms with Gasteiger partial charge in [-0.25, -0.2) is 4.68 Å². The van der Waals surface area contributed by atoms with Gasteiger partial charge in [-0.3, -0.25) is 4.79 Å². The average Bonchev–Trinajstić information content (AvgIpc) is 3.18. The van der Waals surface area contributed by atoms with E-state index >= 15 is 0 Å². The zero-order valence-corrected chi connectivity index (χ0v) is 13.7. The molecular formula is C18H19N5O2. The highest BCUT2D eigenvalue weighted by molar-refractivity contribution is 5.78. The van der Waals surface area contributed by atoms with Crippen LogP contribution >= 0.6 is 0 Å². The summed E-state index contributed by atoms with van der Waals surface area (Å²) in [6.45, 7) is 0.628. The molecule has 0 atom stereocenters. The van der Waals surface area contributed by atoms with Crippen LogP contribution in [0.25, 0.3) is 5.69 Å². The summed E-state index contributed by atoms with van der Waals surface area (Å²) in [5, 5.41) is 23.0. The molecule has 2 aromatic carbocycles. The quantitative estimate of drug-likeness (QED) is 0.672. The Morgan fingerprint density at radius 2 is 1.68 bits per heavy atom. The number of aliphatic hydroxyl groups excluding tert-OH is 1. The van der Waals surface area contributed by atoms with Gasteiger partial charge in [-0.15, -0.1) is 5.10 Å². The Morgan fingerprint density at radius 1 is 1.00 bits per heavy atom. The highest BCUT2D eigenvalue weighted by Gasteiger charge is 2.04. The first kappa shape index (κ1) is 16.8. The van der Waals surface area contributed by atoms with Crippen molar-refractivity contribution in [3.8, 4) is 5.69 Å². The molecule has 3 aromatic rings. The lowest BCUT2D eigenvalue weighted by atomic mass is 10.1. The fourth-order valence-corrected chi connectivity index (χ4v) is 2.45. The fraction of sp³-hybridized carbons (Fsp3) is 0.222. The number of aliphatic hydroxyl groups is 1. The molecule has 0 spiro atoms. The minimum Gasteiger partial charge on any atom is -0.392 e. The van der Waals surface area contributed by atoms with Crippen molar-refractivity contribution in [3.63, 3.8) is 0 Å². The number of tetrazole rings is 1. The SMILES string of the molecule is O=C(Cc1ccc(-n2cnnn2)cc1)NCCc1ccc(CO)cc1. The van der Waals surface area contributed by atoms with Crippen LogP contribution in [0.2, 0.25) is 0 Å². The standard InChI is InChI=1S/C18H19N5O2/c24-12-16-3-1-14(2-4-16)9-10-19-18(25)11-15-5-7-17(8-6-15)23-13-20-21-22-23/h1-8,13,24H,9-12H2,(H,19,25). The number of amides is 1. The number of nitrogens with zero attached hydrogens (tertiary/aromatic N) is 4. The molecule has 1 heterocycles. The van der Waals surface area contributed by atoms with E-state index in [9.17, 15) is 4.79 Å². The first-order valence-electron chi connectivity index (χ1n) is 8.02. The van der Waals surface area contributed by atoms with Crippen LogP contribution in [-0.4, -0.2) is 37.8 Å². The van der Waals surface area contributed by atoms with E-state index in [1.54, 1.807) is 4.68 Å². The molecule has 7 nitrogen and oxygen atoms in total. The van der Waals surface area contributed by atoms with E-state index in [-0.39, 0.29) is 12.5 Å². The third-order valence-electron chi connectivity index (χ3n) is 3.86. The van der Waals surface area contributed by atoms with E-state index in [1.165, 1.54) is 6.33 Å². The summed E-state index contributed by atoms with van der Waals surface area (Å²) < 4.78 is 1.56. The lowest BCUT2D eigenvalue weighted by molar-refractivity contribution is -0.120. The van der Waals surface area contributed by atoms with Crippen LogP contribution < -0.4 is 5.32 Å². The van der Waals surface area contributed by atoms with Crippen LogP contribution in [0.4, 0.5) is 0 Å². The van der Waals surface area contributed by atoms with Gasteiger partial charge in [-0.2, -0.15) is 0 Å². The summed E-state index contributed by atoms with van der Waals surface area (Å²) in [6.07, 6.45) is 2.61. The number of hydrogen-bond donors (Lipinski definition) is 2. The largest absolute Gasteiger partial charge is 0.392 e. The lowest BCUT2D eigenvalue weighted by Crippen LogP contribution is -2.27. The van der Waals surface area contributed by atoms with Crippen molar-refractivity contribution in [2.24, 2.45) is 0 Å². The van der Waals surface area contributed by atoms with Gasteiger partial charge >= 0.3 is 0 Å². The molecule has 0 aliphatic carbocycles. The number of hydrogen-bond acceptors (Lipinski definition) is 5. The van der Waals surface area contributed by atoms with Crippen LogP contribution in [0.1, 0.15) is 16.7 Å². The van der Waals surface area contributed by atoms with E-state index in [0.29, 0.717) is 13.0 Å². The molecule has 0 radical (unpaired) electrons. The van der Waals surface area contributed by atoms with E-state index in [1.807, 2.05) is 48.5 Å². The molecule has 1 aromatic heterocycles. The van der Waals surface area contributed by atoms with Crippen molar-refractivity contribution in [1.82, 2.24) is 25.5 Å². The second-order valence-corrected chi connectivity index (χ2v) is 5.67. The predicted molar refractivity (Wildman–Crippen MR) is 91.9 cm³/mol. The molecule has 1 amide bonds. The van der Waals surface area contributed by atoms with Gasteiger partial charge < -0.3 is 10.4 Å². The van der Waals surface area contributed by atoms with E-state index in [0.717, 1.165) is 28.8 Å². The molecule has 128 valence electrons. The maximum Gasteiger partial charge on any atom is 0.224 e. The van der Waals surface area contributed by atoms with Gasteiger partial charge in [0.15, 0.2) is 0 Å². The van der Waals surface area contributed by atoms with Crippen LogP contribution in [0.3, 0.4) is 0 Å². The summed E-state index contributed by atoms with van der Waals surface area (Å²) in [5.41, 5.74) is 3.79. The molecule has 0 saturated heterocycles. The van der Waals surface area contributed by atoms with Crippen molar-refractivity contribution in [2.75, 3.05) is 6.54 Å². The van der Waals surface area contributed by atoms with Crippen LogP contribution in [-0.2, 0) is 24.2 Å². The Hall–Kier alpha value is -3.06. The van der Waals surface area contributed by atoms with E-state index in [4.69, 9.17) is 5.11 Å². The van der Waals surface area contributed by atoms with Crippen molar-refractivity contribution in [2.45, 2.75) is 19.4 Å². The molecule has 7 heteroatoms. The monoisotopic (exact) mass is 337 g/mol. The molecule has 25 heavy (non-hydrogen) atoms. The molecule has 0 aliphatic rings. The molecule has 0 saturated carbocycles. The Morgan fingerprint density at radius 3 is 2.32 bits per heavy atom. The normalized spacial score (nSPS) is 10.6. The minimum absolute atomic E-state index is 0.0119. The molecule has 0 bridgehead atoms. The van der Waals surface area contributed by atoms with Gasteiger partial charge in [0, 0.05) is 6.54 Å². The first-order chi connectivity index (χ1) is 12.2. The number of nitrogens with one attached hydrogen (secondary N) is 1. The number of carbonyl (C=O) groups excluding carboxylic acids is 1. The summed E-state index contributed by atoms with van der Waals surface area (Å²) in [7, 11) is 0. The highest BCUT2D eigenvalue weighted by Crippen LogP contribution is 2.08. The van der Waals surface area contributed by atoms with Crippen LogP contribution in [0, 0.1) is 0 Å². The summed E-state index contributed by atoms with van der Waals surface area (Å²) in [5.74, 6) is -0.0119. The fourth-order valence-electron chi connectivity index (χ4n) is 2.45. The maximum absolute atomic E-state index is 12.0. The van der Waals surface area contributed by atoms with E-state index < -0.39 is 0 Å². The molecule has 0 unspecified atom stereocenters. The smallest absolute Gasteiger partial charge is 0.224 e. The highest BCUT2D eigenvalue weighted by atomic mass is 16.3. The van der Waals surface area contributed by atoms with Crippen molar-refractivity contribution < 1.29 is 9.90 Å². The second kappa shape index (κ2) is 8.16. The molecule has 2 N–H and O–H groups in total. The zero-order valence-electron chi connectivity index (χ0n) is 13.7. The molecular weight excluding hydrogens is 318 g/mol. The third kappa shape index (κ3) is 4.71. The molecule has 0 fully saturated rings. The zero-order chi connectivity index (χ0) is 17.5.